The van der Waals surface area contributed by atoms with Crippen LogP contribution in [0.1, 0.15) is 39.1 Å². The van der Waals surface area contributed by atoms with Crippen molar-refractivity contribution < 1.29 is 5.11 Å². The van der Waals surface area contributed by atoms with Crippen LogP contribution in [0.4, 0.5) is 0 Å². The van der Waals surface area contributed by atoms with Crippen LogP contribution in [-0.2, 0) is 19.5 Å². The van der Waals surface area contributed by atoms with Crippen LogP contribution in [0.2, 0.25) is 0 Å². The topological polar surface area (TPSA) is 50.1 Å². The highest BCUT2D eigenvalue weighted by atomic mass is 16.3. The van der Waals surface area contributed by atoms with Gasteiger partial charge in [0.2, 0.25) is 0 Å². The molecule has 16 heavy (non-hydrogen) atoms. The molecule has 2 N–H and O–H groups in total. The molecule has 0 bridgehead atoms. The van der Waals surface area contributed by atoms with Gasteiger partial charge in [0.15, 0.2) is 0 Å². The van der Waals surface area contributed by atoms with Crippen LogP contribution < -0.4 is 5.32 Å². The summed E-state index contributed by atoms with van der Waals surface area (Å²) < 4.78 is 2.01. The summed E-state index contributed by atoms with van der Waals surface area (Å²) in [6.45, 7) is 9.93. The van der Waals surface area contributed by atoms with Crippen LogP contribution in [0, 0.1) is 0 Å². The Kier molecular flexibility index (Phi) is 4.50. The zero-order valence-electron chi connectivity index (χ0n) is 10.7. The molecule has 0 radical (unpaired) electrons. The number of aromatic nitrogens is 2. The van der Waals surface area contributed by atoms with Gasteiger partial charge >= 0.3 is 0 Å². The highest BCUT2D eigenvalue weighted by Crippen LogP contribution is 2.08. The first-order valence-corrected chi connectivity index (χ1v) is 5.94. The number of nitrogens with zero attached hydrogens (tertiary/aromatic N) is 2. The molecular weight excluding hydrogens is 202 g/mol. The largest absolute Gasteiger partial charge is 0.394 e. The van der Waals surface area contributed by atoms with Crippen molar-refractivity contribution in [1.29, 1.82) is 0 Å². The number of aliphatic hydroxyl groups is 1. The van der Waals surface area contributed by atoms with Crippen LogP contribution in [0.15, 0.2) is 6.07 Å². The Morgan fingerprint density at radius 2 is 2.12 bits per heavy atom. The van der Waals surface area contributed by atoms with E-state index in [9.17, 15) is 0 Å². The summed E-state index contributed by atoms with van der Waals surface area (Å²) in [5.74, 6) is 0. The predicted octanol–water partition coefficient (Wildman–Crippen LogP) is 1.33. The zero-order valence-corrected chi connectivity index (χ0v) is 10.7. The molecule has 4 nitrogen and oxygen atoms in total. The number of nitrogens with one attached hydrogen (secondary N) is 1. The van der Waals surface area contributed by atoms with Crippen LogP contribution in [0.25, 0.3) is 0 Å². The molecule has 1 rings (SSSR count). The molecule has 1 aromatic rings. The van der Waals surface area contributed by atoms with Crippen molar-refractivity contribution in [2.24, 2.45) is 0 Å². The second kappa shape index (κ2) is 5.46. The van der Waals surface area contributed by atoms with Gasteiger partial charge in [-0.1, -0.05) is 6.92 Å². The number of aryl methyl sites for hydroxylation is 2. The maximum Gasteiger partial charge on any atom is 0.0625 e. The smallest absolute Gasteiger partial charge is 0.0625 e. The van der Waals surface area contributed by atoms with Crippen molar-refractivity contribution in [3.8, 4) is 0 Å². The number of rotatable bonds is 6. The minimum absolute atomic E-state index is 0.133. The first-order chi connectivity index (χ1) is 7.52. The van der Waals surface area contributed by atoms with E-state index >= 15 is 0 Å². The molecule has 0 aliphatic carbocycles. The molecular formula is C12H23N3O. The summed E-state index contributed by atoms with van der Waals surface area (Å²) in [6.07, 6.45) is 0.962. The number of hydrogen-bond acceptors (Lipinski definition) is 3. The van der Waals surface area contributed by atoms with Crippen molar-refractivity contribution in [1.82, 2.24) is 15.1 Å². The van der Waals surface area contributed by atoms with Gasteiger partial charge in [-0.3, -0.25) is 4.68 Å². The fraction of sp³-hybridized carbons (Fsp3) is 0.750. The summed E-state index contributed by atoms with van der Waals surface area (Å²) in [7, 11) is 0. The summed E-state index contributed by atoms with van der Waals surface area (Å²) in [6, 6.07) is 2.13. The van der Waals surface area contributed by atoms with E-state index in [1.165, 1.54) is 5.69 Å². The highest BCUT2D eigenvalue weighted by molar-refractivity contribution is 5.10. The third kappa shape index (κ3) is 3.32. The minimum Gasteiger partial charge on any atom is -0.394 e. The van der Waals surface area contributed by atoms with Crippen LogP contribution in [0.5, 0.6) is 0 Å². The van der Waals surface area contributed by atoms with Gasteiger partial charge in [0.25, 0.3) is 0 Å². The van der Waals surface area contributed by atoms with Gasteiger partial charge < -0.3 is 10.4 Å². The average Bonchev–Trinajstić information content (AvgIpc) is 2.69. The quantitative estimate of drug-likeness (QED) is 0.768. The van der Waals surface area contributed by atoms with E-state index in [1.807, 2.05) is 18.5 Å². The second-order valence-corrected chi connectivity index (χ2v) is 4.69. The molecule has 0 fully saturated rings. The zero-order chi connectivity index (χ0) is 12.2. The van der Waals surface area contributed by atoms with E-state index in [4.69, 9.17) is 5.11 Å². The molecule has 0 amide bonds. The van der Waals surface area contributed by atoms with Crippen LogP contribution in [-0.4, -0.2) is 27.0 Å². The lowest BCUT2D eigenvalue weighted by Gasteiger charge is -2.23. The van der Waals surface area contributed by atoms with Crippen LogP contribution in [0.3, 0.4) is 0 Å². The molecule has 0 aliphatic rings. The third-order valence-corrected chi connectivity index (χ3v) is 2.72. The first-order valence-electron chi connectivity index (χ1n) is 5.94. The van der Waals surface area contributed by atoms with Crippen molar-refractivity contribution in [2.45, 2.75) is 52.7 Å². The normalized spacial score (nSPS) is 12.1. The molecule has 1 heterocycles. The Balaban J connectivity index is 2.69. The lowest BCUT2D eigenvalue weighted by Crippen LogP contribution is -2.42. The maximum atomic E-state index is 9.16. The van der Waals surface area contributed by atoms with Gasteiger partial charge in [-0.2, -0.15) is 5.10 Å². The Bertz CT molecular complexity index is 331. The van der Waals surface area contributed by atoms with E-state index in [1.54, 1.807) is 0 Å². The monoisotopic (exact) mass is 225 g/mol. The Hall–Kier alpha value is -0.870. The van der Waals surface area contributed by atoms with E-state index < -0.39 is 0 Å². The van der Waals surface area contributed by atoms with E-state index in [-0.39, 0.29) is 12.1 Å². The van der Waals surface area contributed by atoms with Crippen molar-refractivity contribution in [2.75, 3.05) is 6.61 Å². The standard InChI is InChI=1S/C12H23N3O/c1-5-10-7-11(15(6-2)14-10)8-13-12(3,4)9-16/h7,13,16H,5-6,8-9H2,1-4H3. The molecule has 92 valence electrons. The van der Waals surface area contributed by atoms with Crippen molar-refractivity contribution in [3.05, 3.63) is 17.5 Å². The molecule has 4 heteroatoms. The molecule has 1 aromatic heterocycles. The van der Waals surface area contributed by atoms with Gasteiger partial charge in [-0.05, 0) is 33.3 Å². The van der Waals surface area contributed by atoms with Gasteiger partial charge in [0.05, 0.1) is 18.0 Å². The summed E-state index contributed by atoms with van der Waals surface area (Å²) in [5, 5.41) is 17.0. The first kappa shape index (κ1) is 13.2. The second-order valence-electron chi connectivity index (χ2n) is 4.69. The van der Waals surface area contributed by atoms with E-state index in [2.05, 4.69) is 30.3 Å². The lowest BCUT2D eigenvalue weighted by atomic mass is 10.1. The number of aliphatic hydroxyl groups excluding tert-OH is 1. The molecule has 0 unspecified atom stereocenters. The Morgan fingerprint density at radius 1 is 1.44 bits per heavy atom. The minimum atomic E-state index is -0.241. The van der Waals surface area contributed by atoms with Gasteiger partial charge in [0.1, 0.15) is 0 Å². The molecule has 0 saturated heterocycles. The number of hydrogen-bond donors (Lipinski definition) is 2. The lowest BCUT2D eigenvalue weighted by molar-refractivity contribution is 0.186. The fourth-order valence-electron chi connectivity index (χ4n) is 1.49. The average molecular weight is 225 g/mol. The molecule has 0 atom stereocenters. The fourth-order valence-corrected chi connectivity index (χ4v) is 1.49. The summed E-state index contributed by atoms with van der Waals surface area (Å²) in [4.78, 5) is 0. The molecule has 0 saturated carbocycles. The third-order valence-electron chi connectivity index (χ3n) is 2.72. The van der Waals surface area contributed by atoms with Gasteiger partial charge in [0, 0.05) is 18.6 Å². The molecule has 0 spiro atoms. The van der Waals surface area contributed by atoms with E-state index in [0.717, 1.165) is 25.2 Å². The summed E-state index contributed by atoms with van der Waals surface area (Å²) in [5.41, 5.74) is 2.07. The van der Waals surface area contributed by atoms with Gasteiger partial charge in [-0.15, -0.1) is 0 Å². The maximum absolute atomic E-state index is 9.16. The Morgan fingerprint density at radius 3 is 2.62 bits per heavy atom. The predicted molar refractivity (Wildman–Crippen MR) is 65.3 cm³/mol. The Labute approximate surface area is 97.7 Å². The van der Waals surface area contributed by atoms with Crippen LogP contribution >= 0.6 is 0 Å². The molecule has 0 aromatic carbocycles. The SMILES string of the molecule is CCc1cc(CNC(C)(C)CO)n(CC)n1. The van der Waals surface area contributed by atoms with Crippen molar-refractivity contribution >= 4 is 0 Å². The highest BCUT2D eigenvalue weighted by Gasteiger charge is 2.16. The van der Waals surface area contributed by atoms with Crippen molar-refractivity contribution in [3.63, 3.8) is 0 Å². The van der Waals surface area contributed by atoms with Gasteiger partial charge in [-0.25, -0.2) is 0 Å². The summed E-state index contributed by atoms with van der Waals surface area (Å²) >= 11 is 0. The van der Waals surface area contributed by atoms with E-state index in [0.29, 0.717) is 0 Å². The molecule has 0 aliphatic heterocycles.